The highest BCUT2D eigenvalue weighted by molar-refractivity contribution is 8.00. The van der Waals surface area contributed by atoms with Gasteiger partial charge in [0.05, 0.1) is 22.5 Å². The van der Waals surface area contributed by atoms with Crippen molar-refractivity contribution < 1.29 is 14.3 Å². The summed E-state index contributed by atoms with van der Waals surface area (Å²) in [6, 6.07) is 27.6. The van der Waals surface area contributed by atoms with Crippen molar-refractivity contribution >= 4 is 40.6 Å². The number of imide groups is 1. The fourth-order valence-corrected chi connectivity index (χ4v) is 10.6. The largest absolute Gasteiger partial charge is 0.489 e. The quantitative estimate of drug-likeness (QED) is 0.314. The van der Waals surface area contributed by atoms with Crippen LogP contribution in [0.25, 0.3) is 0 Å². The summed E-state index contributed by atoms with van der Waals surface area (Å²) in [5.41, 5.74) is 2.85. The number of thiazole rings is 1. The van der Waals surface area contributed by atoms with Crippen LogP contribution >= 0.6 is 23.1 Å². The first-order chi connectivity index (χ1) is 19.6. The summed E-state index contributed by atoms with van der Waals surface area (Å²) in [4.78, 5) is 45.6. The Morgan fingerprint density at radius 3 is 2.35 bits per heavy atom. The number of thioether (sulfide) groups is 1. The normalized spacial score (nSPS) is 29.8. The van der Waals surface area contributed by atoms with E-state index in [1.807, 2.05) is 72.8 Å². The van der Waals surface area contributed by atoms with Crippen molar-refractivity contribution in [2.24, 2.45) is 29.6 Å². The molecule has 0 radical (unpaired) electrons. The summed E-state index contributed by atoms with van der Waals surface area (Å²) in [6.07, 6.45) is 0.873. The predicted molar refractivity (Wildman–Crippen MR) is 155 cm³/mol. The minimum Gasteiger partial charge on any atom is -0.489 e. The number of aromatic nitrogens is 1. The number of H-pyrrole nitrogens is 1. The zero-order chi connectivity index (χ0) is 27.0. The number of benzene rings is 3. The highest BCUT2D eigenvalue weighted by Gasteiger charge is 2.69. The Morgan fingerprint density at radius 1 is 0.850 bits per heavy atom. The number of nitrogens with zero attached hydrogens (tertiary/aromatic N) is 1. The van der Waals surface area contributed by atoms with E-state index >= 15 is 0 Å². The molecule has 1 N–H and O–H groups in total. The van der Waals surface area contributed by atoms with Crippen molar-refractivity contribution in [3.05, 3.63) is 111 Å². The van der Waals surface area contributed by atoms with Gasteiger partial charge in [0, 0.05) is 16.0 Å². The summed E-state index contributed by atoms with van der Waals surface area (Å²) in [5.74, 6) is 0.366. The number of anilines is 1. The van der Waals surface area contributed by atoms with E-state index in [2.05, 4.69) is 17.1 Å². The SMILES string of the molecule is O=C1C2C(C(=O)N1c1ccccc1)[C@@H]1C[C@H]2C2Sc3[nH]c(=O)sc3C(c3cccc(OCc4ccccc4)c3)C21. The molecule has 2 bridgehead atoms. The van der Waals surface area contributed by atoms with E-state index in [4.69, 9.17) is 4.74 Å². The van der Waals surface area contributed by atoms with E-state index in [1.165, 1.54) is 16.2 Å². The van der Waals surface area contributed by atoms with Crippen LogP contribution < -0.4 is 14.5 Å². The van der Waals surface area contributed by atoms with Gasteiger partial charge in [-0.1, -0.05) is 72.0 Å². The summed E-state index contributed by atoms with van der Waals surface area (Å²) < 4.78 is 6.18. The minimum atomic E-state index is -0.309. The molecule has 1 saturated heterocycles. The number of nitrogens with one attached hydrogen (secondary N) is 1. The van der Waals surface area contributed by atoms with E-state index in [9.17, 15) is 14.4 Å². The van der Waals surface area contributed by atoms with Gasteiger partial charge in [-0.05, 0) is 59.6 Å². The Labute approximate surface area is 239 Å². The number of carbonyl (C=O) groups is 2. The van der Waals surface area contributed by atoms with Gasteiger partial charge >= 0.3 is 4.87 Å². The van der Waals surface area contributed by atoms with Crippen LogP contribution in [0.1, 0.15) is 28.3 Å². The molecule has 8 rings (SSSR count). The molecule has 4 aliphatic rings. The Morgan fingerprint density at radius 2 is 1.57 bits per heavy atom. The zero-order valence-corrected chi connectivity index (χ0v) is 23.1. The number of rotatable bonds is 5. The Kier molecular flexibility index (Phi) is 5.57. The molecule has 7 atom stereocenters. The van der Waals surface area contributed by atoms with Crippen molar-refractivity contribution in [3.8, 4) is 5.75 Å². The van der Waals surface area contributed by atoms with Gasteiger partial charge in [-0.3, -0.25) is 19.3 Å². The Bertz CT molecular complexity index is 1680. The molecule has 3 aromatic carbocycles. The highest BCUT2D eigenvalue weighted by Crippen LogP contribution is 2.68. The molecule has 4 aromatic rings. The lowest BCUT2D eigenvalue weighted by Gasteiger charge is -2.43. The number of hydrogen-bond acceptors (Lipinski definition) is 6. The van der Waals surface area contributed by atoms with Crippen molar-refractivity contribution in [2.45, 2.75) is 29.2 Å². The highest BCUT2D eigenvalue weighted by atomic mass is 32.2. The van der Waals surface area contributed by atoms with Crippen molar-refractivity contribution in [3.63, 3.8) is 0 Å². The van der Waals surface area contributed by atoms with Gasteiger partial charge in [-0.25, -0.2) is 0 Å². The van der Waals surface area contributed by atoms with E-state index in [0.29, 0.717) is 12.3 Å². The topological polar surface area (TPSA) is 79.5 Å². The molecule has 3 fully saturated rings. The lowest BCUT2D eigenvalue weighted by molar-refractivity contribution is -0.123. The van der Waals surface area contributed by atoms with E-state index in [1.54, 1.807) is 11.8 Å². The molecule has 2 amide bonds. The summed E-state index contributed by atoms with van der Waals surface area (Å²) in [7, 11) is 0. The van der Waals surface area contributed by atoms with Crippen LogP contribution in [0.2, 0.25) is 0 Å². The van der Waals surface area contributed by atoms with Crippen molar-refractivity contribution in [1.82, 2.24) is 4.98 Å². The molecule has 3 heterocycles. The molecule has 200 valence electrons. The molecule has 2 saturated carbocycles. The number of hydrogen-bond donors (Lipinski definition) is 1. The lowest BCUT2D eigenvalue weighted by atomic mass is 9.68. The number of para-hydroxylation sites is 1. The van der Waals surface area contributed by atoms with Gasteiger partial charge in [0.1, 0.15) is 12.4 Å². The van der Waals surface area contributed by atoms with Gasteiger partial charge in [0.2, 0.25) is 11.8 Å². The average molecular weight is 567 g/mol. The predicted octanol–water partition coefficient (Wildman–Crippen LogP) is 5.69. The third kappa shape index (κ3) is 3.58. The van der Waals surface area contributed by atoms with Crippen LogP contribution in [-0.2, 0) is 16.2 Å². The second kappa shape index (κ2) is 9.21. The van der Waals surface area contributed by atoms with Crippen LogP contribution in [0.5, 0.6) is 5.75 Å². The fourth-order valence-electron chi connectivity index (χ4n) is 7.76. The molecule has 0 spiro atoms. The first-order valence-electron chi connectivity index (χ1n) is 13.7. The molecule has 1 aromatic heterocycles. The van der Waals surface area contributed by atoms with Gasteiger partial charge in [0.15, 0.2) is 0 Å². The van der Waals surface area contributed by atoms with Crippen LogP contribution in [0.3, 0.4) is 0 Å². The maximum absolute atomic E-state index is 13.9. The number of aromatic amines is 1. The monoisotopic (exact) mass is 566 g/mol. The maximum atomic E-state index is 13.9. The van der Waals surface area contributed by atoms with Gasteiger partial charge in [0.25, 0.3) is 0 Å². The van der Waals surface area contributed by atoms with Gasteiger partial charge in [-0.2, -0.15) is 0 Å². The smallest absolute Gasteiger partial charge is 0.305 e. The number of ether oxygens (including phenoxy) is 1. The fraction of sp³-hybridized carbons (Fsp3) is 0.281. The first kappa shape index (κ1) is 24.2. The standard InChI is InChI=1S/C32H26N2O4S2/c35-30-25-21-15-22(26(25)31(36)34(30)19-11-5-2-6-12-19)27-24(21)23(28-29(39-27)33-32(37)40-28)18-10-7-13-20(14-18)38-16-17-8-3-1-4-9-17/h1-14,21-27H,15-16H2,(H,33,37)/t21-,22-,23?,24?,25?,26?,27?/m1/s1. The second-order valence-electron chi connectivity index (χ2n) is 11.2. The molecule has 40 heavy (non-hydrogen) atoms. The average Bonchev–Trinajstić information content (AvgIpc) is 3.72. The Hall–Kier alpha value is -3.62. The molecular weight excluding hydrogens is 540 g/mol. The van der Waals surface area contributed by atoms with Crippen LogP contribution in [0.4, 0.5) is 5.69 Å². The summed E-state index contributed by atoms with van der Waals surface area (Å²) in [6.45, 7) is 0.472. The zero-order valence-electron chi connectivity index (χ0n) is 21.4. The van der Waals surface area contributed by atoms with E-state index in [0.717, 1.165) is 33.2 Å². The molecule has 5 unspecified atom stereocenters. The molecule has 2 aliphatic heterocycles. The van der Waals surface area contributed by atoms with Crippen molar-refractivity contribution in [1.29, 1.82) is 0 Å². The van der Waals surface area contributed by atoms with Crippen LogP contribution in [-0.4, -0.2) is 22.0 Å². The van der Waals surface area contributed by atoms with Gasteiger partial charge in [-0.15, -0.1) is 11.8 Å². The van der Waals surface area contributed by atoms with Crippen LogP contribution in [0, 0.1) is 29.6 Å². The van der Waals surface area contributed by atoms with Crippen molar-refractivity contribution in [2.75, 3.05) is 4.90 Å². The molecule has 8 heteroatoms. The number of carbonyl (C=O) groups excluding carboxylic acids is 2. The lowest BCUT2D eigenvalue weighted by Crippen LogP contribution is -2.42. The van der Waals surface area contributed by atoms with Crippen LogP contribution in [0.15, 0.2) is 94.7 Å². The molecule has 6 nitrogen and oxygen atoms in total. The Balaban J connectivity index is 1.16. The number of amides is 2. The number of fused-ring (bicyclic) bond motifs is 9. The maximum Gasteiger partial charge on any atom is 0.305 e. The van der Waals surface area contributed by atoms with E-state index < -0.39 is 0 Å². The van der Waals surface area contributed by atoms with Gasteiger partial charge < -0.3 is 9.72 Å². The molecular formula is C32H26N2O4S2. The second-order valence-corrected chi connectivity index (χ2v) is 13.4. The third-order valence-electron chi connectivity index (χ3n) is 9.20. The third-order valence-corrected chi connectivity index (χ3v) is 11.8. The summed E-state index contributed by atoms with van der Waals surface area (Å²) >= 11 is 2.99. The first-order valence-corrected chi connectivity index (χ1v) is 15.4. The molecule has 2 aliphatic carbocycles. The minimum absolute atomic E-state index is 0.0323. The summed E-state index contributed by atoms with van der Waals surface area (Å²) in [5, 5.41) is 1.08. The van der Waals surface area contributed by atoms with E-state index in [-0.39, 0.29) is 57.4 Å².